The lowest BCUT2D eigenvalue weighted by atomic mass is 10.1. The Balaban J connectivity index is 1.89. The van der Waals surface area contributed by atoms with E-state index in [-0.39, 0.29) is 24.9 Å². The third kappa shape index (κ3) is 5.23. The molecule has 140 valence electrons. The van der Waals surface area contributed by atoms with Crippen LogP contribution in [0.1, 0.15) is 24.9 Å². The van der Waals surface area contributed by atoms with Crippen LogP contribution in [0, 0.1) is 11.6 Å². The van der Waals surface area contributed by atoms with E-state index in [2.05, 4.69) is 10.0 Å². The van der Waals surface area contributed by atoms with Crippen LogP contribution in [-0.2, 0) is 14.8 Å². The molecule has 2 aromatic carbocycles. The molecule has 2 N–H and O–H groups in total. The van der Waals surface area contributed by atoms with Crippen LogP contribution in [0.5, 0.6) is 0 Å². The predicted molar refractivity (Wildman–Crippen MR) is 94.2 cm³/mol. The van der Waals surface area contributed by atoms with Crippen LogP contribution in [0.15, 0.2) is 47.4 Å². The van der Waals surface area contributed by atoms with Crippen LogP contribution in [0.25, 0.3) is 0 Å². The van der Waals surface area contributed by atoms with E-state index in [4.69, 9.17) is 11.6 Å². The van der Waals surface area contributed by atoms with Gasteiger partial charge in [-0.25, -0.2) is 21.9 Å². The van der Waals surface area contributed by atoms with Gasteiger partial charge in [-0.2, -0.15) is 0 Å². The molecule has 0 aliphatic heterocycles. The number of hydrogen-bond donors (Lipinski definition) is 2. The molecule has 1 unspecified atom stereocenters. The summed E-state index contributed by atoms with van der Waals surface area (Å²) in [5, 5.41) is 3.23. The summed E-state index contributed by atoms with van der Waals surface area (Å²) < 4.78 is 52.2. The Labute approximate surface area is 155 Å². The highest BCUT2D eigenvalue weighted by Crippen LogP contribution is 2.22. The van der Waals surface area contributed by atoms with Gasteiger partial charge >= 0.3 is 0 Å². The maximum atomic E-state index is 13.2. The summed E-state index contributed by atoms with van der Waals surface area (Å²) >= 11 is 6.06. The number of sulfonamides is 1. The van der Waals surface area contributed by atoms with Gasteiger partial charge in [0.05, 0.1) is 10.9 Å². The summed E-state index contributed by atoms with van der Waals surface area (Å²) in [4.78, 5) is 11.5. The van der Waals surface area contributed by atoms with E-state index < -0.39 is 26.6 Å². The fourth-order valence-electron chi connectivity index (χ4n) is 2.24. The van der Waals surface area contributed by atoms with Gasteiger partial charge in [-0.1, -0.05) is 29.8 Å². The summed E-state index contributed by atoms with van der Waals surface area (Å²) in [5.41, 5.74) is 0.741. The second kappa shape index (κ2) is 8.57. The number of carbonyl (C=O) groups is 1. The summed E-state index contributed by atoms with van der Waals surface area (Å²) in [6.07, 6.45) is -0.127. The molecule has 2 aromatic rings. The minimum atomic E-state index is -4.04. The van der Waals surface area contributed by atoms with Crippen LogP contribution in [0.4, 0.5) is 8.78 Å². The standard InChI is InChI=1S/C17H17ClF2N2O3S/c1-11(13-4-2-3-5-14(13)18)22-17(23)8-9-21-26(24,25)12-6-7-15(19)16(20)10-12/h2-7,10-11,21H,8-9H2,1H3,(H,22,23). The number of rotatable bonds is 7. The molecule has 0 fully saturated rings. The molecule has 0 saturated heterocycles. The molecule has 1 atom stereocenters. The maximum Gasteiger partial charge on any atom is 0.240 e. The van der Waals surface area contributed by atoms with Crippen molar-refractivity contribution in [3.63, 3.8) is 0 Å². The number of hydrogen-bond acceptors (Lipinski definition) is 3. The minimum absolute atomic E-state index is 0.127. The molecule has 0 aromatic heterocycles. The van der Waals surface area contributed by atoms with Gasteiger partial charge in [0.15, 0.2) is 11.6 Å². The van der Waals surface area contributed by atoms with Crippen LogP contribution >= 0.6 is 11.6 Å². The Morgan fingerprint density at radius 1 is 1.15 bits per heavy atom. The lowest BCUT2D eigenvalue weighted by molar-refractivity contribution is -0.121. The first-order chi connectivity index (χ1) is 12.2. The highest BCUT2D eigenvalue weighted by atomic mass is 35.5. The molecule has 0 radical (unpaired) electrons. The van der Waals surface area contributed by atoms with Crippen molar-refractivity contribution in [3.05, 3.63) is 64.7 Å². The van der Waals surface area contributed by atoms with E-state index in [0.717, 1.165) is 17.7 Å². The molecule has 5 nitrogen and oxygen atoms in total. The molecule has 9 heteroatoms. The number of benzene rings is 2. The summed E-state index contributed by atoms with van der Waals surface area (Å²) in [6.45, 7) is 1.56. The van der Waals surface area contributed by atoms with Crippen molar-refractivity contribution < 1.29 is 22.0 Å². The maximum absolute atomic E-state index is 13.2. The molecular formula is C17H17ClF2N2O3S. The fraction of sp³-hybridized carbons (Fsp3) is 0.235. The summed E-state index contributed by atoms with van der Waals surface area (Å²) in [6, 6.07) is 8.94. The normalized spacial score (nSPS) is 12.6. The largest absolute Gasteiger partial charge is 0.349 e. The molecule has 0 aliphatic carbocycles. The number of amides is 1. The van der Waals surface area contributed by atoms with Crippen molar-refractivity contribution in [2.24, 2.45) is 0 Å². The lowest BCUT2D eigenvalue weighted by Crippen LogP contribution is -2.32. The van der Waals surface area contributed by atoms with Gasteiger partial charge in [0.1, 0.15) is 0 Å². The average molecular weight is 403 g/mol. The first-order valence-electron chi connectivity index (χ1n) is 7.69. The Hall–Kier alpha value is -2.03. The lowest BCUT2D eigenvalue weighted by Gasteiger charge is -2.15. The Kier molecular flexibility index (Phi) is 6.69. The molecule has 0 spiro atoms. The van der Waals surface area contributed by atoms with Crippen molar-refractivity contribution in [3.8, 4) is 0 Å². The van der Waals surface area contributed by atoms with Crippen LogP contribution in [-0.4, -0.2) is 20.9 Å². The van der Waals surface area contributed by atoms with Gasteiger partial charge in [0, 0.05) is 18.0 Å². The highest BCUT2D eigenvalue weighted by Gasteiger charge is 2.17. The molecular weight excluding hydrogens is 386 g/mol. The van der Waals surface area contributed by atoms with E-state index in [0.29, 0.717) is 11.1 Å². The molecule has 0 saturated carbocycles. The molecule has 1 amide bonds. The van der Waals surface area contributed by atoms with Crippen molar-refractivity contribution in [2.75, 3.05) is 6.54 Å². The van der Waals surface area contributed by atoms with Gasteiger partial charge in [0.2, 0.25) is 15.9 Å². The van der Waals surface area contributed by atoms with E-state index >= 15 is 0 Å². The van der Waals surface area contributed by atoms with Crippen molar-refractivity contribution >= 4 is 27.5 Å². The Morgan fingerprint density at radius 2 is 1.85 bits per heavy atom. The van der Waals surface area contributed by atoms with E-state index in [1.165, 1.54) is 0 Å². The van der Waals surface area contributed by atoms with E-state index in [1.54, 1.807) is 31.2 Å². The molecule has 0 bridgehead atoms. The monoisotopic (exact) mass is 402 g/mol. The molecule has 0 heterocycles. The van der Waals surface area contributed by atoms with E-state index in [1.807, 2.05) is 0 Å². The average Bonchev–Trinajstić information content (AvgIpc) is 2.57. The third-order valence-electron chi connectivity index (χ3n) is 3.59. The second-order valence-electron chi connectivity index (χ2n) is 5.53. The zero-order valence-corrected chi connectivity index (χ0v) is 15.4. The smallest absolute Gasteiger partial charge is 0.240 e. The van der Waals surface area contributed by atoms with Crippen molar-refractivity contribution in [1.29, 1.82) is 0 Å². The first kappa shape index (κ1) is 20.3. The third-order valence-corrected chi connectivity index (χ3v) is 5.40. The van der Waals surface area contributed by atoms with Crippen molar-refractivity contribution in [1.82, 2.24) is 10.0 Å². The van der Waals surface area contributed by atoms with Crippen LogP contribution in [0.3, 0.4) is 0 Å². The van der Waals surface area contributed by atoms with Gasteiger partial charge in [0.25, 0.3) is 0 Å². The SMILES string of the molecule is CC(NC(=O)CCNS(=O)(=O)c1ccc(F)c(F)c1)c1ccccc1Cl. The van der Waals surface area contributed by atoms with E-state index in [9.17, 15) is 22.0 Å². The van der Waals surface area contributed by atoms with Gasteiger partial charge in [-0.15, -0.1) is 0 Å². The van der Waals surface area contributed by atoms with Gasteiger partial charge in [-0.05, 0) is 36.8 Å². The molecule has 2 rings (SSSR count). The summed E-state index contributed by atoms with van der Waals surface area (Å²) in [7, 11) is -4.04. The number of nitrogens with one attached hydrogen (secondary N) is 2. The zero-order valence-electron chi connectivity index (χ0n) is 13.8. The van der Waals surface area contributed by atoms with Crippen molar-refractivity contribution in [2.45, 2.75) is 24.3 Å². The van der Waals surface area contributed by atoms with Gasteiger partial charge in [-0.3, -0.25) is 4.79 Å². The summed E-state index contributed by atoms with van der Waals surface area (Å²) in [5.74, 6) is -2.79. The second-order valence-corrected chi connectivity index (χ2v) is 7.71. The molecule has 26 heavy (non-hydrogen) atoms. The fourth-order valence-corrected chi connectivity index (χ4v) is 3.59. The van der Waals surface area contributed by atoms with Gasteiger partial charge < -0.3 is 5.32 Å². The molecule has 0 aliphatic rings. The first-order valence-corrected chi connectivity index (χ1v) is 9.55. The van der Waals surface area contributed by atoms with Crippen LogP contribution < -0.4 is 10.0 Å². The highest BCUT2D eigenvalue weighted by molar-refractivity contribution is 7.89. The Morgan fingerprint density at radius 3 is 2.50 bits per heavy atom. The van der Waals surface area contributed by atoms with Crippen LogP contribution in [0.2, 0.25) is 5.02 Å². The Bertz CT molecular complexity index is 907. The number of carbonyl (C=O) groups excluding carboxylic acids is 1. The predicted octanol–water partition coefficient (Wildman–Crippen LogP) is 3.16. The zero-order chi connectivity index (χ0) is 19.3. The topological polar surface area (TPSA) is 75.3 Å². The minimum Gasteiger partial charge on any atom is -0.349 e. The quantitative estimate of drug-likeness (QED) is 0.747. The number of halogens is 3.